The van der Waals surface area contributed by atoms with Gasteiger partial charge in [-0.25, -0.2) is 0 Å². The van der Waals surface area contributed by atoms with Gasteiger partial charge in [-0.05, 0) is 43.2 Å². The van der Waals surface area contributed by atoms with Gasteiger partial charge in [0.25, 0.3) is 0 Å². The number of fused-ring (bicyclic) bond motifs is 1. The minimum Gasteiger partial charge on any atom is -0.458 e. The van der Waals surface area contributed by atoms with Crippen LogP contribution in [-0.2, 0) is 0 Å². The number of aryl methyl sites for hydroxylation is 2. The second-order valence-corrected chi connectivity index (χ2v) is 4.95. The largest absolute Gasteiger partial charge is 0.458 e. The third kappa shape index (κ3) is 2.15. The molecule has 1 aromatic heterocycles. The second-order valence-electron chi connectivity index (χ2n) is 4.95. The highest BCUT2D eigenvalue weighted by Gasteiger charge is 2.17. The fourth-order valence-corrected chi connectivity index (χ4v) is 2.36. The van der Waals surface area contributed by atoms with Gasteiger partial charge in [-0.2, -0.15) is 0 Å². The molecule has 0 saturated heterocycles. The summed E-state index contributed by atoms with van der Waals surface area (Å²) < 4.78 is 5.74. The van der Waals surface area contributed by atoms with Crippen LogP contribution in [0.25, 0.3) is 11.0 Å². The zero-order chi connectivity index (χ0) is 13.4. The summed E-state index contributed by atoms with van der Waals surface area (Å²) in [5.41, 5.74) is 3.95. The fraction of sp³-hybridized carbons (Fsp3) is 0.176. The number of aliphatic hydroxyl groups is 1. The molecule has 0 aliphatic heterocycles. The molecule has 3 aromatic rings. The lowest BCUT2D eigenvalue weighted by Crippen LogP contribution is -2.00. The quantitative estimate of drug-likeness (QED) is 0.744. The van der Waals surface area contributed by atoms with Crippen molar-refractivity contribution >= 4 is 11.0 Å². The molecule has 0 aliphatic carbocycles. The van der Waals surface area contributed by atoms with Crippen molar-refractivity contribution in [2.45, 2.75) is 20.0 Å². The number of furan rings is 1. The van der Waals surface area contributed by atoms with Gasteiger partial charge in [-0.3, -0.25) is 0 Å². The summed E-state index contributed by atoms with van der Waals surface area (Å²) >= 11 is 0. The Morgan fingerprint density at radius 1 is 1.00 bits per heavy atom. The lowest BCUT2D eigenvalue weighted by molar-refractivity contribution is 0.191. The zero-order valence-electron chi connectivity index (χ0n) is 11.1. The molecule has 0 saturated carbocycles. The number of benzene rings is 2. The normalized spacial score (nSPS) is 12.8. The molecule has 1 unspecified atom stereocenters. The van der Waals surface area contributed by atoms with E-state index in [9.17, 15) is 5.11 Å². The van der Waals surface area contributed by atoms with Gasteiger partial charge < -0.3 is 9.52 Å². The van der Waals surface area contributed by atoms with E-state index < -0.39 is 6.10 Å². The molecule has 2 nitrogen and oxygen atoms in total. The van der Waals surface area contributed by atoms with Gasteiger partial charge >= 0.3 is 0 Å². The van der Waals surface area contributed by atoms with Crippen molar-refractivity contribution in [2.75, 3.05) is 0 Å². The molecule has 3 rings (SSSR count). The van der Waals surface area contributed by atoms with Crippen LogP contribution in [0.3, 0.4) is 0 Å². The standard InChI is InChI=1S/C17H16O2/c1-11-7-8-15-13(9-11)10-16(19-15)17(18)14-6-4-3-5-12(14)2/h3-10,17-18H,1-2H3. The number of hydrogen-bond acceptors (Lipinski definition) is 2. The van der Waals surface area contributed by atoms with E-state index in [1.165, 1.54) is 5.56 Å². The minimum absolute atomic E-state index is 0.593. The molecule has 0 spiro atoms. The number of aliphatic hydroxyl groups excluding tert-OH is 1. The van der Waals surface area contributed by atoms with Gasteiger partial charge in [0.05, 0.1) is 0 Å². The molecule has 0 amide bonds. The Hall–Kier alpha value is -2.06. The molecule has 0 bridgehead atoms. The Morgan fingerprint density at radius 2 is 1.79 bits per heavy atom. The van der Waals surface area contributed by atoms with Crippen molar-refractivity contribution < 1.29 is 9.52 Å². The maximum Gasteiger partial charge on any atom is 0.138 e. The molecule has 1 atom stereocenters. The van der Waals surface area contributed by atoms with E-state index in [4.69, 9.17) is 4.42 Å². The summed E-state index contributed by atoms with van der Waals surface area (Å²) in [4.78, 5) is 0. The van der Waals surface area contributed by atoms with E-state index >= 15 is 0 Å². The van der Waals surface area contributed by atoms with Gasteiger partial charge in [0, 0.05) is 5.39 Å². The maximum atomic E-state index is 10.4. The van der Waals surface area contributed by atoms with Crippen LogP contribution in [0.5, 0.6) is 0 Å². The molecule has 2 aromatic carbocycles. The van der Waals surface area contributed by atoms with Crippen LogP contribution >= 0.6 is 0 Å². The van der Waals surface area contributed by atoms with Gasteiger partial charge in [-0.15, -0.1) is 0 Å². The van der Waals surface area contributed by atoms with Crippen molar-refractivity contribution in [3.05, 3.63) is 71.0 Å². The Morgan fingerprint density at radius 3 is 2.58 bits per heavy atom. The molecule has 0 fully saturated rings. The lowest BCUT2D eigenvalue weighted by atomic mass is 10.0. The Bertz CT molecular complexity index is 725. The van der Waals surface area contributed by atoms with Crippen LogP contribution < -0.4 is 0 Å². The monoisotopic (exact) mass is 252 g/mol. The summed E-state index contributed by atoms with van der Waals surface area (Å²) in [5.74, 6) is 0.593. The van der Waals surface area contributed by atoms with Gasteiger partial charge in [0.1, 0.15) is 17.4 Å². The van der Waals surface area contributed by atoms with E-state index in [0.29, 0.717) is 5.76 Å². The first kappa shape index (κ1) is 12.0. The van der Waals surface area contributed by atoms with E-state index in [2.05, 4.69) is 6.07 Å². The highest BCUT2D eigenvalue weighted by molar-refractivity contribution is 5.78. The van der Waals surface area contributed by atoms with Crippen molar-refractivity contribution in [1.82, 2.24) is 0 Å². The number of rotatable bonds is 2. The molecule has 1 heterocycles. The van der Waals surface area contributed by atoms with Crippen molar-refractivity contribution in [1.29, 1.82) is 0 Å². The van der Waals surface area contributed by atoms with Gasteiger partial charge in [0.15, 0.2) is 0 Å². The average molecular weight is 252 g/mol. The summed E-state index contributed by atoms with van der Waals surface area (Å²) in [6.45, 7) is 4.04. The van der Waals surface area contributed by atoms with E-state index in [1.54, 1.807) is 0 Å². The van der Waals surface area contributed by atoms with Crippen LogP contribution in [0.1, 0.15) is 28.6 Å². The highest BCUT2D eigenvalue weighted by Crippen LogP contribution is 2.30. The SMILES string of the molecule is Cc1ccc2oc(C(O)c3ccccc3C)cc2c1. The molecule has 96 valence electrons. The fourth-order valence-electron chi connectivity index (χ4n) is 2.36. The number of hydrogen-bond donors (Lipinski definition) is 1. The average Bonchev–Trinajstić information content (AvgIpc) is 2.81. The summed E-state index contributed by atoms with van der Waals surface area (Å²) in [5, 5.41) is 11.5. The third-order valence-electron chi connectivity index (χ3n) is 3.44. The molecular formula is C17H16O2. The Kier molecular flexibility index (Phi) is 2.88. The first-order chi connectivity index (χ1) is 9.15. The highest BCUT2D eigenvalue weighted by atomic mass is 16.4. The van der Waals surface area contributed by atoms with Gasteiger partial charge in [0.2, 0.25) is 0 Å². The first-order valence-corrected chi connectivity index (χ1v) is 6.39. The molecule has 0 aliphatic rings. The molecule has 2 heteroatoms. The van der Waals surface area contributed by atoms with Crippen molar-refractivity contribution in [3.63, 3.8) is 0 Å². The van der Waals surface area contributed by atoms with E-state index in [1.807, 2.05) is 56.3 Å². The van der Waals surface area contributed by atoms with Crippen LogP contribution in [-0.4, -0.2) is 5.11 Å². The summed E-state index contributed by atoms with van der Waals surface area (Å²) in [6.07, 6.45) is -0.714. The van der Waals surface area contributed by atoms with Crippen LogP contribution in [0.4, 0.5) is 0 Å². The maximum absolute atomic E-state index is 10.4. The molecule has 19 heavy (non-hydrogen) atoms. The minimum atomic E-state index is -0.714. The van der Waals surface area contributed by atoms with Crippen molar-refractivity contribution in [3.8, 4) is 0 Å². The topological polar surface area (TPSA) is 33.4 Å². The van der Waals surface area contributed by atoms with Crippen LogP contribution in [0.2, 0.25) is 0 Å². The summed E-state index contributed by atoms with van der Waals surface area (Å²) in [7, 11) is 0. The summed E-state index contributed by atoms with van der Waals surface area (Å²) in [6, 6.07) is 15.7. The predicted molar refractivity (Wildman–Crippen MR) is 76.2 cm³/mol. The smallest absolute Gasteiger partial charge is 0.138 e. The Balaban J connectivity index is 2.07. The third-order valence-corrected chi connectivity index (χ3v) is 3.44. The lowest BCUT2D eigenvalue weighted by Gasteiger charge is -2.10. The van der Waals surface area contributed by atoms with E-state index in [-0.39, 0.29) is 0 Å². The molecule has 0 radical (unpaired) electrons. The van der Waals surface area contributed by atoms with E-state index in [0.717, 1.165) is 22.1 Å². The molecular weight excluding hydrogens is 236 g/mol. The Labute approximate surface area is 112 Å². The van der Waals surface area contributed by atoms with Crippen LogP contribution in [0.15, 0.2) is 52.9 Å². The van der Waals surface area contributed by atoms with Gasteiger partial charge in [-0.1, -0.05) is 35.9 Å². The molecule has 1 N–H and O–H groups in total. The van der Waals surface area contributed by atoms with Crippen molar-refractivity contribution in [2.24, 2.45) is 0 Å². The second kappa shape index (κ2) is 4.56. The van der Waals surface area contributed by atoms with Crippen LogP contribution in [0, 0.1) is 13.8 Å². The zero-order valence-corrected chi connectivity index (χ0v) is 11.1. The first-order valence-electron chi connectivity index (χ1n) is 6.39. The predicted octanol–water partition coefficient (Wildman–Crippen LogP) is 4.13.